The van der Waals surface area contributed by atoms with Gasteiger partial charge in [-0.1, -0.05) is 6.07 Å². The minimum Gasteiger partial charge on any atom is -0.497 e. The Bertz CT molecular complexity index is 1120. The molecule has 0 radical (unpaired) electrons. The number of benzene rings is 1. The molecule has 8 heteroatoms. The highest BCUT2D eigenvalue weighted by Crippen LogP contribution is 2.23. The average Bonchev–Trinajstić information content (AvgIpc) is 3.13. The molecule has 8 nitrogen and oxygen atoms in total. The predicted octanol–water partition coefficient (Wildman–Crippen LogP) is 2.97. The molecule has 3 aromatic heterocycles. The number of hydrazone groups is 1. The lowest BCUT2D eigenvalue weighted by Gasteiger charge is -2.06. The summed E-state index contributed by atoms with van der Waals surface area (Å²) >= 11 is 0. The van der Waals surface area contributed by atoms with Crippen molar-refractivity contribution in [3.05, 3.63) is 66.4 Å². The Morgan fingerprint density at radius 1 is 1.15 bits per heavy atom. The number of aryl methyl sites for hydroxylation is 1. The van der Waals surface area contributed by atoms with E-state index in [1.807, 2.05) is 43.3 Å². The molecule has 134 valence electrons. The molecule has 4 rings (SSSR count). The Morgan fingerprint density at radius 3 is 2.93 bits per heavy atom. The molecule has 0 aliphatic carbocycles. The van der Waals surface area contributed by atoms with Crippen molar-refractivity contribution in [2.75, 3.05) is 12.5 Å². The van der Waals surface area contributed by atoms with Gasteiger partial charge in [-0.3, -0.25) is 10.4 Å². The van der Waals surface area contributed by atoms with Gasteiger partial charge in [-0.15, -0.1) is 0 Å². The first-order valence-corrected chi connectivity index (χ1v) is 8.29. The van der Waals surface area contributed by atoms with Crippen molar-refractivity contribution in [3.63, 3.8) is 0 Å². The first-order valence-electron chi connectivity index (χ1n) is 8.29. The van der Waals surface area contributed by atoms with E-state index < -0.39 is 0 Å². The SMILES string of the molecule is COc1cccc(-n2ncc3c(NN=Cc4ccnc(C)c4)ncnc32)c1. The van der Waals surface area contributed by atoms with Crippen LogP contribution in [0.1, 0.15) is 11.3 Å². The number of ether oxygens (including phenoxy) is 1. The smallest absolute Gasteiger partial charge is 0.168 e. The maximum Gasteiger partial charge on any atom is 0.168 e. The second-order valence-corrected chi connectivity index (χ2v) is 5.82. The van der Waals surface area contributed by atoms with Crippen LogP contribution < -0.4 is 10.2 Å². The molecule has 1 aromatic carbocycles. The van der Waals surface area contributed by atoms with Crippen LogP contribution in [0.3, 0.4) is 0 Å². The fourth-order valence-corrected chi connectivity index (χ4v) is 2.68. The summed E-state index contributed by atoms with van der Waals surface area (Å²) in [5.41, 5.74) is 6.38. The highest BCUT2D eigenvalue weighted by atomic mass is 16.5. The summed E-state index contributed by atoms with van der Waals surface area (Å²) in [6.07, 6.45) is 6.66. The molecule has 0 amide bonds. The number of anilines is 1. The highest BCUT2D eigenvalue weighted by Gasteiger charge is 2.11. The van der Waals surface area contributed by atoms with Gasteiger partial charge in [0.15, 0.2) is 11.5 Å². The molecule has 0 fully saturated rings. The first kappa shape index (κ1) is 16.6. The molecule has 1 N–H and O–H groups in total. The van der Waals surface area contributed by atoms with Gasteiger partial charge in [0.05, 0.1) is 30.6 Å². The van der Waals surface area contributed by atoms with E-state index in [2.05, 4.69) is 30.6 Å². The van der Waals surface area contributed by atoms with Crippen molar-refractivity contribution in [1.82, 2.24) is 24.7 Å². The number of nitrogens with one attached hydrogen (secondary N) is 1. The number of pyridine rings is 1. The fraction of sp³-hybridized carbons (Fsp3) is 0.105. The van der Waals surface area contributed by atoms with Gasteiger partial charge in [-0.25, -0.2) is 14.6 Å². The summed E-state index contributed by atoms with van der Waals surface area (Å²) in [5.74, 6) is 1.33. The molecule has 0 saturated carbocycles. The van der Waals surface area contributed by atoms with E-state index in [0.29, 0.717) is 11.5 Å². The minimum absolute atomic E-state index is 0.580. The van der Waals surface area contributed by atoms with Crippen molar-refractivity contribution in [2.45, 2.75) is 6.92 Å². The summed E-state index contributed by atoms with van der Waals surface area (Å²) < 4.78 is 7.02. The van der Waals surface area contributed by atoms with Gasteiger partial charge in [0.1, 0.15) is 12.1 Å². The lowest BCUT2D eigenvalue weighted by Crippen LogP contribution is -2.00. The molecule has 0 unspecified atom stereocenters. The summed E-state index contributed by atoms with van der Waals surface area (Å²) in [6, 6.07) is 11.4. The quantitative estimate of drug-likeness (QED) is 0.435. The van der Waals surface area contributed by atoms with E-state index in [1.165, 1.54) is 6.33 Å². The minimum atomic E-state index is 0.580. The predicted molar refractivity (Wildman–Crippen MR) is 103 cm³/mol. The van der Waals surface area contributed by atoms with Crippen LogP contribution in [0.2, 0.25) is 0 Å². The number of hydrogen-bond donors (Lipinski definition) is 1. The third-order valence-corrected chi connectivity index (χ3v) is 3.97. The third-order valence-electron chi connectivity index (χ3n) is 3.97. The molecular weight excluding hydrogens is 342 g/mol. The maximum atomic E-state index is 5.28. The van der Waals surface area contributed by atoms with Gasteiger partial charge in [0.25, 0.3) is 0 Å². The fourth-order valence-electron chi connectivity index (χ4n) is 2.68. The van der Waals surface area contributed by atoms with Gasteiger partial charge < -0.3 is 4.74 Å². The molecule has 0 bridgehead atoms. The van der Waals surface area contributed by atoms with Crippen molar-refractivity contribution >= 4 is 23.1 Å². The number of hydrogen-bond acceptors (Lipinski definition) is 7. The van der Waals surface area contributed by atoms with Crippen LogP contribution in [-0.2, 0) is 0 Å². The van der Waals surface area contributed by atoms with Crippen LogP contribution >= 0.6 is 0 Å². The monoisotopic (exact) mass is 359 g/mol. The zero-order valence-corrected chi connectivity index (χ0v) is 14.9. The van der Waals surface area contributed by atoms with E-state index in [0.717, 1.165) is 28.1 Å². The van der Waals surface area contributed by atoms with Gasteiger partial charge in [-0.05, 0) is 36.8 Å². The summed E-state index contributed by atoms with van der Waals surface area (Å²) in [6.45, 7) is 1.94. The Kier molecular flexibility index (Phi) is 4.44. The van der Waals surface area contributed by atoms with Crippen molar-refractivity contribution in [2.24, 2.45) is 5.10 Å². The van der Waals surface area contributed by atoms with Gasteiger partial charge in [-0.2, -0.15) is 10.2 Å². The van der Waals surface area contributed by atoms with E-state index in [9.17, 15) is 0 Å². The number of fused-ring (bicyclic) bond motifs is 1. The molecule has 0 saturated heterocycles. The molecule has 0 aliphatic rings. The van der Waals surface area contributed by atoms with Crippen LogP contribution in [0.15, 0.2) is 60.2 Å². The summed E-state index contributed by atoms with van der Waals surface area (Å²) in [4.78, 5) is 12.8. The highest BCUT2D eigenvalue weighted by molar-refractivity contribution is 5.88. The van der Waals surface area contributed by atoms with E-state index in [1.54, 1.807) is 30.4 Å². The number of aromatic nitrogens is 5. The molecular formula is C19H17N7O. The van der Waals surface area contributed by atoms with Crippen LogP contribution in [0.5, 0.6) is 5.75 Å². The van der Waals surface area contributed by atoms with Crippen LogP contribution in [-0.4, -0.2) is 38.1 Å². The van der Waals surface area contributed by atoms with Gasteiger partial charge >= 0.3 is 0 Å². The maximum absolute atomic E-state index is 5.28. The molecule has 27 heavy (non-hydrogen) atoms. The summed E-state index contributed by atoms with van der Waals surface area (Å²) in [5, 5.41) is 9.47. The topological polar surface area (TPSA) is 90.1 Å². The van der Waals surface area contributed by atoms with Crippen molar-refractivity contribution in [3.8, 4) is 11.4 Å². The van der Waals surface area contributed by atoms with Crippen LogP contribution in [0, 0.1) is 6.92 Å². The Labute approximate surface area is 155 Å². The number of methoxy groups -OCH3 is 1. The standard InChI is InChI=1S/C19H17N7O/c1-13-8-14(6-7-20-13)10-23-25-18-17-11-24-26(19(17)22-12-21-18)15-4-3-5-16(9-15)27-2/h3-12H,1-2H3,(H,21,22,25). The Hall–Kier alpha value is -3.81. The van der Waals surface area contributed by atoms with Crippen LogP contribution in [0.4, 0.5) is 5.82 Å². The van der Waals surface area contributed by atoms with Crippen molar-refractivity contribution in [1.29, 1.82) is 0 Å². The molecule has 0 spiro atoms. The molecule has 0 atom stereocenters. The molecule has 4 aromatic rings. The van der Waals surface area contributed by atoms with Crippen LogP contribution in [0.25, 0.3) is 16.7 Å². The molecule has 0 aliphatic heterocycles. The van der Waals surface area contributed by atoms with E-state index >= 15 is 0 Å². The third kappa shape index (κ3) is 3.45. The van der Waals surface area contributed by atoms with Gasteiger partial charge in [0.2, 0.25) is 0 Å². The van der Waals surface area contributed by atoms with E-state index in [4.69, 9.17) is 4.74 Å². The van der Waals surface area contributed by atoms with E-state index in [-0.39, 0.29) is 0 Å². The van der Waals surface area contributed by atoms with Gasteiger partial charge in [0, 0.05) is 18.0 Å². The number of nitrogens with zero attached hydrogens (tertiary/aromatic N) is 6. The second-order valence-electron chi connectivity index (χ2n) is 5.82. The first-order chi connectivity index (χ1) is 13.2. The normalized spacial score (nSPS) is 11.2. The average molecular weight is 359 g/mol. The Balaban J connectivity index is 1.64. The second kappa shape index (κ2) is 7.20. The summed E-state index contributed by atoms with van der Waals surface area (Å²) in [7, 11) is 1.63. The van der Waals surface area contributed by atoms with Crippen molar-refractivity contribution < 1.29 is 4.74 Å². The number of rotatable bonds is 5. The lowest BCUT2D eigenvalue weighted by atomic mass is 10.2. The zero-order chi connectivity index (χ0) is 18.6. The molecule has 3 heterocycles. The Morgan fingerprint density at radius 2 is 2.07 bits per heavy atom. The zero-order valence-electron chi connectivity index (χ0n) is 14.9. The largest absolute Gasteiger partial charge is 0.497 e. The lowest BCUT2D eigenvalue weighted by molar-refractivity contribution is 0.414.